The number of ether oxygens (including phenoxy) is 1. The van der Waals surface area contributed by atoms with E-state index in [0.717, 1.165) is 39.5 Å². The quantitative estimate of drug-likeness (QED) is 0.324. The Labute approximate surface area is 210 Å². The van der Waals surface area contributed by atoms with Gasteiger partial charge in [-0.25, -0.2) is 0 Å². The number of benzene rings is 1. The van der Waals surface area contributed by atoms with E-state index in [2.05, 4.69) is 67.8 Å². The standard InChI is InChI=1S/C16H18I3NO4.Na/c1-2-11(16(22)23)24-14-10(18)8-9(17)12(13(14)19)15(21)20-6-4-3-5-7-20;/h8,11H,2-7H2,1H3,(H,22,23);/q;+1/p-1. The Morgan fingerprint density at radius 3 is 2.32 bits per heavy atom. The predicted octanol–water partition coefficient (Wildman–Crippen LogP) is 0.0378. The van der Waals surface area contributed by atoms with Gasteiger partial charge in [0.2, 0.25) is 0 Å². The van der Waals surface area contributed by atoms with Gasteiger partial charge < -0.3 is 19.5 Å². The average molecular weight is 691 g/mol. The first-order chi connectivity index (χ1) is 11.4. The Kier molecular flexibility index (Phi) is 10.9. The fraction of sp³-hybridized carbons (Fsp3) is 0.500. The van der Waals surface area contributed by atoms with Crippen molar-refractivity contribution in [3.05, 3.63) is 22.3 Å². The molecular formula is C16H17I3NNaO4. The van der Waals surface area contributed by atoms with Crippen molar-refractivity contribution >= 4 is 79.6 Å². The van der Waals surface area contributed by atoms with E-state index in [4.69, 9.17) is 4.74 Å². The third kappa shape index (κ3) is 6.06. The monoisotopic (exact) mass is 691 g/mol. The molecule has 132 valence electrons. The Balaban J connectivity index is 0.00000312. The third-order valence-corrected chi connectivity index (χ3v) is 6.56. The summed E-state index contributed by atoms with van der Waals surface area (Å²) in [6, 6.07) is 1.86. The van der Waals surface area contributed by atoms with Crippen molar-refractivity contribution in [2.45, 2.75) is 38.7 Å². The number of carboxylic acids is 1. The fourth-order valence-electron chi connectivity index (χ4n) is 2.57. The molecule has 0 spiro atoms. The molecule has 1 aliphatic rings. The minimum absolute atomic E-state index is 0. The van der Waals surface area contributed by atoms with E-state index in [1.165, 1.54) is 0 Å². The molecule has 9 heteroatoms. The normalized spacial score (nSPS) is 15.3. The number of hydrogen-bond acceptors (Lipinski definition) is 4. The van der Waals surface area contributed by atoms with Gasteiger partial charge in [0.15, 0.2) is 0 Å². The summed E-state index contributed by atoms with van der Waals surface area (Å²) in [6.45, 7) is 3.26. The third-order valence-electron chi connectivity index (χ3n) is 3.88. The van der Waals surface area contributed by atoms with Crippen molar-refractivity contribution in [2.75, 3.05) is 13.1 Å². The molecule has 0 aliphatic carbocycles. The van der Waals surface area contributed by atoms with Gasteiger partial charge in [-0.05, 0) is 99.5 Å². The molecule has 1 aromatic carbocycles. The molecule has 1 saturated heterocycles. The van der Waals surface area contributed by atoms with Gasteiger partial charge in [0.1, 0.15) is 11.9 Å². The summed E-state index contributed by atoms with van der Waals surface area (Å²) in [5.41, 5.74) is 0.599. The SMILES string of the molecule is CCC(Oc1c(I)cc(I)c(C(=O)N2CCCCC2)c1I)C(=O)[O-].[Na+]. The van der Waals surface area contributed by atoms with Gasteiger partial charge in [-0.15, -0.1) is 0 Å². The van der Waals surface area contributed by atoms with Crippen molar-refractivity contribution < 1.29 is 49.0 Å². The summed E-state index contributed by atoms with van der Waals surface area (Å²) in [5.74, 6) is -0.800. The second kappa shape index (κ2) is 11.2. The van der Waals surface area contributed by atoms with Gasteiger partial charge in [-0.1, -0.05) is 6.92 Å². The number of rotatable bonds is 5. The van der Waals surface area contributed by atoms with E-state index >= 15 is 0 Å². The van der Waals surface area contributed by atoms with Crippen molar-refractivity contribution in [3.8, 4) is 5.75 Å². The number of carbonyl (C=O) groups excluding carboxylic acids is 2. The summed E-state index contributed by atoms with van der Waals surface area (Å²) in [7, 11) is 0. The van der Waals surface area contributed by atoms with Gasteiger partial charge in [0.25, 0.3) is 5.91 Å². The van der Waals surface area contributed by atoms with E-state index in [1.807, 2.05) is 11.0 Å². The van der Waals surface area contributed by atoms with Crippen molar-refractivity contribution in [1.82, 2.24) is 4.90 Å². The van der Waals surface area contributed by atoms with Crippen LogP contribution < -0.4 is 39.4 Å². The fourth-order valence-corrected chi connectivity index (χ4v) is 6.66. The minimum atomic E-state index is -1.24. The zero-order valence-electron chi connectivity index (χ0n) is 14.1. The molecule has 0 radical (unpaired) electrons. The molecule has 1 aliphatic heterocycles. The summed E-state index contributed by atoms with van der Waals surface area (Å²) in [6.07, 6.45) is 2.48. The molecule has 0 aromatic heterocycles. The maximum atomic E-state index is 12.9. The Morgan fingerprint density at radius 2 is 1.80 bits per heavy atom. The number of nitrogens with zero attached hydrogens (tertiary/aromatic N) is 1. The van der Waals surface area contributed by atoms with Crippen LogP contribution in [0.5, 0.6) is 5.75 Å². The number of likely N-dealkylation sites (tertiary alicyclic amines) is 1. The number of amides is 1. The largest absolute Gasteiger partial charge is 1.00 e. The topological polar surface area (TPSA) is 69.7 Å². The maximum absolute atomic E-state index is 12.9. The van der Waals surface area contributed by atoms with Crippen LogP contribution in [0.2, 0.25) is 0 Å². The first kappa shape index (κ1) is 24.2. The Morgan fingerprint density at radius 1 is 1.20 bits per heavy atom. The molecule has 1 unspecified atom stereocenters. The Hall–Kier alpha value is 1.15. The predicted molar refractivity (Wildman–Crippen MR) is 114 cm³/mol. The average Bonchev–Trinajstić information content (AvgIpc) is 2.55. The Bertz CT molecular complexity index is 651. The second-order valence-corrected chi connectivity index (χ2v) is 8.95. The summed E-state index contributed by atoms with van der Waals surface area (Å²) < 4.78 is 7.98. The van der Waals surface area contributed by atoms with E-state index in [0.29, 0.717) is 21.3 Å². The van der Waals surface area contributed by atoms with Crippen LogP contribution in [0.3, 0.4) is 0 Å². The number of piperidine rings is 1. The van der Waals surface area contributed by atoms with Gasteiger partial charge in [0, 0.05) is 16.7 Å². The van der Waals surface area contributed by atoms with E-state index in [9.17, 15) is 14.7 Å². The molecule has 5 nitrogen and oxygen atoms in total. The molecular weight excluding hydrogens is 674 g/mol. The van der Waals surface area contributed by atoms with Crippen LogP contribution in [0.25, 0.3) is 0 Å². The summed E-state index contributed by atoms with van der Waals surface area (Å²) in [5, 5.41) is 11.2. The van der Waals surface area contributed by atoms with Crippen LogP contribution in [0, 0.1) is 10.7 Å². The van der Waals surface area contributed by atoms with Crippen LogP contribution in [-0.2, 0) is 4.79 Å². The number of hydrogen-bond donors (Lipinski definition) is 0. The van der Waals surface area contributed by atoms with E-state index < -0.39 is 12.1 Å². The van der Waals surface area contributed by atoms with E-state index in [1.54, 1.807) is 6.92 Å². The number of carboxylic acid groups (broad SMARTS) is 1. The van der Waals surface area contributed by atoms with Crippen LogP contribution in [0.15, 0.2) is 6.07 Å². The van der Waals surface area contributed by atoms with Crippen LogP contribution in [-0.4, -0.2) is 36.0 Å². The van der Waals surface area contributed by atoms with Crippen LogP contribution in [0.1, 0.15) is 43.0 Å². The van der Waals surface area contributed by atoms with Crippen LogP contribution in [0.4, 0.5) is 0 Å². The van der Waals surface area contributed by atoms with Gasteiger partial charge >= 0.3 is 29.6 Å². The van der Waals surface area contributed by atoms with Gasteiger partial charge in [0.05, 0.1) is 18.7 Å². The van der Waals surface area contributed by atoms with Gasteiger partial charge in [-0.3, -0.25) is 4.79 Å². The first-order valence-corrected chi connectivity index (χ1v) is 10.9. The smallest absolute Gasteiger partial charge is 0.546 e. The van der Waals surface area contributed by atoms with Crippen molar-refractivity contribution in [2.24, 2.45) is 0 Å². The molecule has 0 saturated carbocycles. The molecule has 0 bridgehead atoms. The van der Waals surface area contributed by atoms with Crippen LogP contribution >= 0.6 is 67.8 Å². The summed E-state index contributed by atoms with van der Waals surface area (Å²) in [4.78, 5) is 26.0. The molecule has 1 aromatic rings. The molecule has 1 fully saturated rings. The number of halogens is 3. The van der Waals surface area contributed by atoms with Crippen molar-refractivity contribution in [1.29, 1.82) is 0 Å². The minimum Gasteiger partial charge on any atom is -0.546 e. The molecule has 25 heavy (non-hydrogen) atoms. The number of carbonyl (C=O) groups is 2. The molecule has 1 amide bonds. The van der Waals surface area contributed by atoms with E-state index in [-0.39, 0.29) is 35.5 Å². The molecule has 2 rings (SSSR count). The second-order valence-electron chi connectivity index (χ2n) is 5.54. The van der Waals surface area contributed by atoms with Crippen molar-refractivity contribution in [3.63, 3.8) is 0 Å². The molecule has 1 atom stereocenters. The zero-order chi connectivity index (χ0) is 17.9. The first-order valence-electron chi connectivity index (χ1n) is 7.71. The number of aliphatic carboxylic acids is 1. The molecule has 1 heterocycles. The summed E-state index contributed by atoms with van der Waals surface area (Å²) >= 11 is 6.34. The van der Waals surface area contributed by atoms with Gasteiger partial charge in [-0.2, -0.15) is 0 Å². The zero-order valence-corrected chi connectivity index (χ0v) is 22.6. The maximum Gasteiger partial charge on any atom is 1.00 e. The molecule has 0 N–H and O–H groups in total.